The summed E-state index contributed by atoms with van der Waals surface area (Å²) in [7, 11) is 1.60. The van der Waals surface area contributed by atoms with E-state index in [1.807, 2.05) is 0 Å². The number of aliphatic hydroxyl groups is 1. The molecule has 0 aliphatic heterocycles. The van der Waals surface area contributed by atoms with E-state index in [4.69, 9.17) is 5.11 Å². The monoisotopic (exact) mass is 205 g/mol. The van der Waals surface area contributed by atoms with Crippen LogP contribution < -0.4 is 5.32 Å². The summed E-state index contributed by atoms with van der Waals surface area (Å²) in [5.41, 5.74) is 0.371. The van der Waals surface area contributed by atoms with Crippen LogP contribution in [0.3, 0.4) is 0 Å². The molecule has 0 amide bonds. The van der Waals surface area contributed by atoms with Crippen LogP contribution in [0.15, 0.2) is 24.3 Å². The van der Waals surface area contributed by atoms with E-state index >= 15 is 0 Å². The Balaban J connectivity index is 2.95. The Morgan fingerprint density at radius 3 is 2.50 bits per heavy atom. The molecular weight excluding hydrogens is 195 g/mol. The number of rotatable bonds is 2. The number of aliphatic hydroxyl groups excluding tert-OH is 1. The molecule has 0 fully saturated rings. The molecule has 0 aromatic heterocycles. The molecule has 0 spiro atoms. The van der Waals surface area contributed by atoms with Crippen LogP contribution in [0.5, 0.6) is 0 Å². The quantitative estimate of drug-likeness (QED) is 0.776. The molecule has 1 aromatic carbocycles. The van der Waals surface area contributed by atoms with Crippen LogP contribution in [-0.2, 0) is 0 Å². The molecule has 0 heterocycles. The second-order valence-corrected chi connectivity index (χ2v) is 2.82. The molecule has 1 aromatic rings. The van der Waals surface area contributed by atoms with Crippen molar-refractivity contribution in [3.63, 3.8) is 0 Å². The van der Waals surface area contributed by atoms with E-state index < -0.39 is 12.3 Å². The van der Waals surface area contributed by atoms with E-state index in [-0.39, 0.29) is 5.56 Å². The summed E-state index contributed by atoms with van der Waals surface area (Å²) in [4.78, 5) is 0. The number of hydrogen-bond donors (Lipinski definition) is 2. The number of nitrogens with one attached hydrogen (secondary N) is 1. The summed E-state index contributed by atoms with van der Waals surface area (Å²) >= 11 is 0. The third-order valence-electron chi connectivity index (χ3n) is 1.80. The number of benzene rings is 1. The van der Waals surface area contributed by atoms with Crippen LogP contribution in [0.4, 0.5) is 18.9 Å². The fraction of sp³-hybridized carbons (Fsp3) is 0.333. The zero-order chi connectivity index (χ0) is 10.8. The topological polar surface area (TPSA) is 32.3 Å². The molecule has 0 saturated heterocycles. The molecule has 0 bridgehead atoms. The van der Waals surface area contributed by atoms with Crippen molar-refractivity contribution >= 4 is 5.69 Å². The molecule has 0 aliphatic rings. The highest BCUT2D eigenvalue weighted by Gasteiger charge is 2.39. The smallest absolute Gasteiger partial charge is 0.388 e. The number of alkyl halides is 3. The largest absolute Gasteiger partial charge is 0.418 e. The Morgan fingerprint density at radius 2 is 2.00 bits per heavy atom. The van der Waals surface area contributed by atoms with Gasteiger partial charge in [-0.15, -0.1) is 0 Å². The standard InChI is InChI=1S/C9H10F3NO/c1-13-7-4-2-3-6(5-7)8(14)9(10,11)12/h2-5,8,13-14H,1H3. The molecule has 0 radical (unpaired) electrons. The number of anilines is 1. The van der Waals surface area contributed by atoms with Crippen LogP contribution in [-0.4, -0.2) is 18.3 Å². The first kappa shape index (κ1) is 10.8. The summed E-state index contributed by atoms with van der Waals surface area (Å²) in [6.07, 6.45) is -7.04. The Labute approximate surface area is 79.4 Å². The molecule has 5 heteroatoms. The van der Waals surface area contributed by atoms with Crippen molar-refractivity contribution in [1.29, 1.82) is 0 Å². The second kappa shape index (κ2) is 3.88. The van der Waals surface area contributed by atoms with Gasteiger partial charge in [0, 0.05) is 12.7 Å². The van der Waals surface area contributed by atoms with Crippen molar-refractivity contribution in [1.82, 2.24) is 0 Å². The minimum atomic E-state index is -4.62. The summed E-state index contributed by atoms with van der Waals surface area (Å²) in [6, 6.07) is 5.57. The second-order valence-electron chi connectivity index (χ2n) is 2.82. The van der Waals surface area contributed by atoms with Gasteiger partial charge < -0.3 is 10.4 Å². The Kier molecular flexibility index (Phi) is 3.00. The molecule has 2 nitrogen and oxygen atoms in total. The average molecular weight is 205 g/mol. The lowest BCUT2D eigenvalue weighted by molar-refractivity contribution is -0.206. The van der Waals surface area contributed by atoms with Gasteiger partial charge in [-0.25, -0.2) is 0 Å². The van der Waals surface area contributed by atoms with Crippen molar-refractivity contribution in [2.24, 2.45) is 0 Å². The van der Waals surface area contributed by atoms with Crippen LogP contribution in [0, 0.1) is 0 Å². The lowest BCUT2D eigenvalue weighted by Gasteiger charge is -2.15. The van der Waals surface area contributed by atoms with Crippen molar-refractivity contribution in [2.45, 2.75) is 12.3 Å². The van der Waals surface area contributed by atoms with Crippen molar-refractivity contribution < 1.29 is 18.3 Å². The third kappa shape index (κ3) is 2.38. The van der Waals surface area contributed by atoms with E-state index in [1.165, 1.54) is 18.2 Å². The summed E-state index contributed by atoms with van der Waals surface area (Å²) < 4.78 is 36.3. The maximum Gasteiger partial charge on any atom is 0.418 e. The van der Waals surface area contributed by atoms with Gasteiger partial charge in [0.15, 0.2) is 6.10 Å². The molecule has 0 aliphatic carbocycles. The summed E-state index contributed by atoms with van der Waals surface area (Å²) in [5, 5.41) is 11.6. The van der Waals surface area contributed by atoms with Crippen LogP contribution >= 0.6 is 0 Å². The summed E-state index contributed by atoms with van der Waals surface area (Å²) in [5.74, 6) is 0. The van der Waals surface area contributed by atoms with Gasteiger partial charge >= 0.3 is 6.18 Å². The Hall–Kier alpha value is -1.23. The minimum Gasteiger partial charge on any atom is -0.388 e. The first-order chi connectivity index (χ1) is 6.45. The van der Waals surface area contributed by atoms with Gasteiger partial charge in [-0.1, -0.05) is 12.1 Å². The normalized spacial score (nSPS) is 13.8. The molecule has 1 rings (SSSR count). The van der Waals surface area contributed by atoms with Crippen molar-refractivity contribution in [3.8, 4) is 0 Å². The van der Waals surface area contributed by atoms with Crippen LogP contribution in [0.25, 0.3) is 0 Å². The fourth-order valence-corrected chi connectivity index (χ4v) is 1.05. The van der Waals surface area contributed by atoms with E-state index in [2.05, 4.69) is 5.32 Å². The van der Waals surface area contributed by atoms with Crippen LogP contribution in [0.1, 0.15) is 11.7 Å². The van der Waals surface area contributed by atoms with Crippen molar-refractivity contribution in [2.75, 3.05) is 12.4 Å². The third-order valence-corrected chi connectivity index (χ3v) is 1.80. The molecule has 78 valence electrons. The molecule has 1 atom stereocenters. The predicted molar refractivity (Wildman–Crippen MR) is 47.0 cm³/mol. The van der Waals surface area contributed by atoms with Gasteiger partial charge in [0.1, 0.15) is 0 Å². The van der Waals surface area contributed by atoms with E-state index in [1.54, 1.807) is 13.1 Å². The maximum absolute atomic E-state index is 12.1. The Bertz CT molecular complexity index is 311. The Morgan fingerprint density at radius 1 is 1.36 bits per heavy atom. The van der Waals surface area contributed by atoms with Gasteiger partial charge in [0.05, 0.1) is 0 Å². The summed E-state index contributed by atoms with van der Waals surface area (Å²) in [6.45, 7) is 0. The highest BCUT2D eigenvalue weighted by Crippen LogP contribution is 2.33. The molecular formula is C9H10F3NO. The number of halogens is 3. The van der Waals surface area contributed by atoms with Gasteiger partial charge in [0.2, 0.25) is 0 Å². The van der Waals surface area contributed by atoms with E-state index in [0.717, 1.165) is 0 Å². The number of hydrogen-bond acceptors (Lipinski definition) is 2. The SMILES string of the molecule is CNc1cccc(C(O)C(F)(F)F)c1. The zero-order valence-corrected chi connectivity index (χ0v) is 7.47. The van der Waals surface area contributed by atoms with Crippen molar-refractivity contribution in [3.05, 3.63) is 29.8 Å². The molecule has 0 saturated carbocycles. The predicted octanol–water partition coefficient (Wildman–Crippen LogP) is 2.32. The maximum atomic E-state index is 12.1. The average Bonchev–Trinajstić information content (AvgIpc) is 2.15. The van der Waals surface area contributed by atoms with Gasteiger partial charge in [-0.2, -0.15) is 13.2 Å². The van der Waals surface area contributed by atoms with Gasteiger partial charge in [-0.05, 0) is 17.7 Å². The highest BCUT2D eigenvalue weighted by atomic mass is 19.4. The lowest BCUT2D eigenvalue weighted by atomic mass is 10.1. The van der Waals surface area contributed by atoms with Gasteiger partial charge in [-0.3, -0.25) is 0 Å². The van der Waals surface area contributed by atoms with Gasteiger partial charge in [0.25, 0.3) is 0 Å². The molecule has 14 heavy (non-hydrogen) atoms. The highest BCUT2D eigenvalue weighted by molar-refractivity contribution is 5.45. The zero-order valence-electron chi connectivity index (χ0n) is 7.47. The molecule has 1 unspecified atom stereocenters. The first-order valence-electron chi connectivity index (χ1n) is 3.97. The van der Waals surface area contributed by atoms with Crippen LogP contribution in [0.2, 0.25) is 0 Å². The lowest BCUT2D eigenvalue weighted by Crippen LogP contribution is -2.20. The first-order valence-corrected chi connectivity index (χ1v) is 3.97. The fourth-order valence-electron chi connectivity index (χ4n) is 1.05. The van der Waals surface area contributed by atoms with E-state index in [0.29, 0.717) is 5.69 Å². The molecule has 2 N–H and O–H groups in total. The van der Waals surface area contributed by atoms with E-state index in [9.17, 15) is 13.2 Å². The minimum absolute atomic E-state index is 0.163.